The third kappa shape index (κ3) is 3.59. The van der Waals surface area contributed by atoms with E-state index in [0.717, 1.165) is 5.69 Å². The van der Waals surface area contributed by atoms with Crippen molar-refractivity contribution < 1.29 is 14.3 Å². The topological polar surface area (TPSA) is 60.5 Å². The lowest BCUT2D eigenvalue weighted by molar-refractivity contribution is -0.132. The molecule has 0 radical (unpaired) electrons. The van der Waals surface area contributed by atoms with Gasteiger partial charge in [-0.1, -0.05) is 0 Å². The predicted octanol–water partition coefficient (Wildman–Crippen LogP) is 2.37. The van der Waals surface area contributed by atoms with Gasteiger partial charge in [0, 0.05) is 19.0 Å². The number of nitrogens with zero attached hydrogens (tertiary/aromatic N) is 1. The molecule has 5 heteroatoms. The Balaban J connectivity index is 1.73. The summed E-state index contributed by atoms with van der Waals surface area (Å²) in [5.74, 6) is 1.12. The molecule has 2 aliphatic rings. The molecule has 1 heterocycles. The fourth-order valence-electron chi connectivity index (χ4n) is 1.78. The molecule has 0 bridgehead atoms. The molecule has 0 unspecified atom stereocenters. The summed E-state index contributed by atoms with van der Waals surface area (Å²) in [6.07, 6.45) is 4.84. The number of nitrogens with one attached hydrogen (secondary N) is 1. The summed E-state index contributed by atoms with van der Waals surface area (Å²) in [5, 5.41) is 3.38. The lowest BCUT2D eigenvalue weighted by atomic mass is 10.3. The predicted molar refractivity (Wildman–Crippen MR) is 70.4 cm³/mol. The van der Waals surface area contributed by atoms with Gasteiger partial charge in [0.05, 0.1) is 12.3 Å². The van der Waals surface area contributed by atoms with Gasteiger partial charge >= 0.3 is 5.97 Å². The van der Waals surface area contributed by atoms with E-state index in [4.69, 9.17) is 9.47 Å². The van der Waals surface area contributed by atoms with Crippen LogP contribution in [0.3, 0.4) is 0 Å². The first-order valence-electron chi connectivity index (χ1n) is 6.79. The van der Waals surface area contributed by atoms with Gasteiger partial charge in [-0.2, -0.15) is 4.98 Å². The number of hydrogen-bond acceptors (Lipinski definition) is 5. The van der Waals surface area contributed by atoms with Crippen molar-refractivity contribution in [1.82, 2.24) is 4.98 Å². The van der Waals surface area contributed by atoms with Crippen LogP contribution in [-0.4, -0.2) is 23.6 Å². The molecule has 1 aromatic heterocycles. The number of carbonyl (C=O) groups excluding carboxylic acids is 1. The minimum absolute atomic E-state index is 0.291. The van der Waals surface area contributed by atoms with Crippen molar-refractivity contribution in [3.8, 4) is 11.8 Å². The lowest BCUT2D eigenvalue weighted by Gasteiger charge is -2.12. The van der Waals surface area contributed by atoms with Gasteiger partial charge in [0.25, 0.3) is 0 Å². The zero-order chi connectivity index (χ0) is 13.2. The summed E-state index contributed by atoms with van der Waals surface area (Å²) >= 11 is 0. The highest BCUT2D eigenvalue weighted by atomic mass is 16.5. The fourth-order valence-corrected chi connectivity index (χ4v) is 1.78. The number of rotatable bonds is 6. The average molecular weight is 262 g/mol. The summed E-state index contributed by atoms with van der Waals surface area (Å²) in [4.78, 5) is 15.2. The van der Waals surface area contributed by atoms with Crippen LogP contribution in [0.1, 0.15) is 32.6 Å². The van der Waals surface area contributed by atoms with Crippen molar-refractivity contribution in [2.24, 2.45) is 5.92 Å². The van der Waals surface area contributed by atoms with Crippen molar-refractivity contribution in [3.63, 3.8) is 0 Å². The number of anilines is 1. The van der Waals surface area contributed by atoms with Crippen molar-refractivity contribution in [2.75, 3.05) is 11.9 Å². The minimum atomic E-state index is -0.372. The number of hydrogen-bond donors (Lipinski definition) is 1. The van der Waals surface area contributed by atoms with Crippen LogP contribution in [0.2, 0.25) is 0 Å². The van der Waals surface area contributed by atoms with Gasteiger partial charge in [-0.15, -0.1) is 0 Å². The zero-order valence-corrected chi connectivity index (χ0v) is 11.0. The first-order valence-corrected chi connectivity index (χ1v) is 6.79. The molecule has 2 aliphatic carbocycles. The lowest BCUT2D eigenvalue weighted by Crippen LogP contribution is -2.09. The van der Waals surface area contributed by atoms with Crippen molar-refractivity contribution >= 4 is 11.7 Å². The second-order valence-corrected chi connectivity index (χ2v) is 5.27. The molecule has 3 rings (SSSR count). The molecule has 0 spiro atoms. The number of esters is 1. The Hall–Kier alpha value is -1.78. The molecule has 1 aromatic rings. The van der Waals surface area contributed by atoms with Crippen LogP contribution in [0, 0.1) is 5.92 Å². The van der Waals surface area contributed by atoms with E-state index in [1.165, 1.54) is 32.6 Å². The van der Waals surface area contributed by atoms with Gasteiger partial charge < -0.3 is 14.8 Å². The summed E-state index contributed by atoms with van der Waals surface area (Å²) in [7, 11) is 0. The third-order valence-corrected chi connectivity index (χ3v) is 3.17. The van der Waals surface area contributed by atoms with Gasteiger partial charge in [0.15, 0.2) is 0 Å². The Morgan fingerprint density at radius 3 is 2.79 bits per heavy atom. The fraction of sp³-hybridized carbons (Fsp3) is 0.571. The Labute approximate surface area is 112 Å². The van der Waals surface area contributed by atoms with Gasteiger partial charge in [0.2, 0.25) is 11.8 Å². The van der Waals surface area contributed by atoms with E-state index in [9.17, 15) is 4.79 Å². The molecule has 0 aliphatic heterocycles. The standard InChI is InChI=1S/C14H18N2O3/c1-9(17)19-13-7-6-12(15-11-4-5-11)14(16-13)18-8-10-2-3-10/h6-7,10-11,15H,2-5,8H2,1H3. The van der Waals surface area contributed by atoms with E-state index in [2.05, 4.69) is 10.3 Å². The van der Waals surface area contributed by atoms with Crippen LogP contribution in [0.25, 0.3) is 0 Å². The van der Waals surface area contributed by atoms with Crippen LogP contribution in [-0.2, 0) is 4.79 Å². The first-order chi connectivity index (χ1) is 9.20. The molecule has 0 atom stereocenters. The van der Waals surface area contributed by atoms with Crippen molar-refractivity contribution in [1.29, 1.82) is 0 Å². The van der Waals surface area contributed by atoms with Gasteiger partial charge in [0.1, 0.15) is 0 Å². The van der Waals surface area contributed by atoms with Crippen LogP contribution >= 0.6 is 0 Å². The van der Waals surface area contributed by atoms with E-state index in [-0.39, 0.29) is 5.97 Å². The van der Waals surface area contributed by atoms with Gasteiger partial charge in [-0.3, -0.25) is 4.79 Å². The Kier molecular flexibility index (Phi) is 3.27. The van der Waals surface area contributed by atoms with E-state index in [0.29, 0.717) is 30.3 Å². The maximum absolute atomic E-state index is 11.0. The van der Waals surface area contributed by atoms with Gasteiger partial charge in [-0.25, -0.2) is 0 Å². The highest BCUT2D eigenvalue weighted by Gasteiger charge is 2.25. The van der Waals surface area contributed by atoms with E-state index >= 15 is 0 Å². The molecule has 0 aromatic carbocycles. The molecule has 1 N–H and O–H groups in total. The molecular weight excluding hydrogens is 244 g/mol. The molecule has 19 heavy (non-hydrogen) atoms. The number of aromatic nitrogens is 1. The van der Waals surface area contributed by atoms with E-state index < -0.39 is 0 Å². The second-order valence-electron chi connectivity index (χ2n) is 5.27. The first kappa shape index (κ1) is 12.3. The summed E-state index contributed by atoms with van der Waals surface area (Å²) in [5.41, 5.74) is 0.888. The van der Waals surface area contributed by atoms with Crippen LogP contribution in [0.5, 0.6) is 11.8 Å². The number of ether oxygens (including phenoxy) is 2. The van der Waals surface area contributed by atoms with Crippen LogP contribution in [0.15, 0.2) is 12.1 Å². The van der Waals surface area contributed by atoms with E-state index in [1.807, 2.05) is 6.07 Å². The Morgan fingerprint density at radius 2 is 2.16 bits per heavy atom. The third-order valence-electron chi connectivity index (χ3n) is 3.17. The normalized spacial score (nSPS) is 17.9. The second kappa shape index (κ2) is 5.07. The quantitative estimate of drug-likeness (QED) is 0.797. The highest BCUT2D eigenvalue weighted by Crippen LogP contribution is 2.34. The maximum Gasteiger partial charge on any atom is 0.309 e. The average Bonchev–Trinajstić information content (AvgIpc) is 3.23. The Bertz CT molecular complexity index is 482. The minimum Gasteiger partial charge on any atom is -0.476 e. The van der Waals surface area contributed by atoms with Crippen LogP contribution < -0.4 is 14.8 Å². The molecular formula is C14H18N2O3. The molecule has 0 amide bonds. The molecule has 2 fully saturated rings. The summed E-state index contributed by atoms with van der Waals surface area (Å²) < 4.78 is 10.7. The largest absolute Gasteiger partial charge is 0.476 e. The SMILES string of the molecule is CC(=O)Oc1ccc(NC2CC2)c(OCC2CC2)n1. The molecule has 2 saturated carbocycles. The van der Waals surface area contributed by atoms with Crippen LogP contribution in [0.4, 0.5) is 5.69 Å². The highest BCUT2D eigenvalue weighted by molar-refractivity contribution is 5.69. The van der Waals surface area contributed by atoms with Crippen molar-refractivity contribution in [3.05, 3.63) is 12.1 Å². The maximum atomic E-state index is 11.0. The van der Waals surface area contributed by atoms with E-state index in [1.54, 1.807) is 6.07 Å². The molecule has 102 valence electrons. The summed E-state index contributed by atoms with van der Waals surface area (Å²) in [6, 6.07) is 4.09. The monoisotopic (exact) mass is 262 g/mol. The zero-order valence-electron chi connectivity index (χ0n) is 11.0. The molecule has 0 saturated heterocycles. The number of carbonyl (C=O) groups is 1. The summed E-state index contributed by atoms with van der Waals surface area (Å²) in [6.45, 7) is 2.05. The smallest absolute Gasteiger partial charge is 0.309 e. The molecule has 5 nitrogen and oxygen atoms in total. The Morgan fingerprint density at radius 1 is 1.37 bits per heavy atom. The van der Waals surface area contributed by atoms with Gasteiger partial charge in [-0.05, 0) is 37.7 Å². The number of pyridine rings is 1. The van der Waals surface area contributed by atoms with Crippen molar-refractivity contribution in [2.45, 2.75) is 38.6 Å².